The van der Waals surface area contributed by atoms with Gasteiger partial charge in [0.1, 0.15) is 5.84 Å². The SMILES string of the molecule is CCc1ccc(C[C@H](C)/C(N)=N/O)cc1. The number of hydrogen-bond acceptors (Lipinski definition) is 2. The van der Waals surface area contributed by atoms with E-state index >= 15 is 0 Å². The Balaban J connectivity index is 2.65. The first-order valence-electron chi connectivity index (χ1n) is 5.22. The molecule has 1 rings (SSSR count). The number of rotatable bonds is 4. The molecule has 3 N–H and O–H groups in total. The fourth-order valence-electron chi connectivity index (χ4n) is 1.47. The van der Waals surface area contributed by atoms with E-state index < -0.39 is 0 Å². The van der Waals surface area contributed by atoms with Crippen LogP contribution >= 0.6 is 0 Å². The lowest BCUT2D eigenvalue weighted by Crippen LogP contribution is -2.22. The van der Waals surface area contributed by atoms with E-state index in [4.69, 9.17) is 10.9 Å². The van der Waals surface area contributed by atoms with E-state index in [2.05, 4.69) is 36.3 Å². The number of benzene rings is 1. The van der Waals surface area contributed by atoms with E-state index in [0.29, 0.717) is 0 Å². The average Bonchev–Trinajstić information content (AvgIpc) is 2.29. The Kier molecular flexibility index (Phi) is 4.16. The molecule has 15 heavy (non-hydrogen) atoms. The van der Waals surface area contributed by atoms with Gasteiger partial charge in [0, 0.05) is 5.92 Å². The molecule has 0 bridgehead atoms. The van der Waals surface area contributed by atoms with Gasteiger partial charge in [0.2, 0.25) is 0 Å². The molecular weight excluding hydrogens is 188 g/mol. The molecule has 1 atom stereocenters. The lowest BCUT2D eigenvalue weighted by atomic mass is 9.99. The normalized spacial score (nSPS) is 13.9. The summed E-state index contributed by atoms with van der Waals surface area (Å²) in [4.78, 5) is 0. The predicted octanol–water partition coefficient (Wildman–Crippen LogP) is 2.17. The summed E-state index contributed by atoms with van der Waals surface area (Å²) >= 11 is 0. The van der Waals surface area contributed by atoms with E-state index in [1.807, 2.05) is 6.92 Å². The highest BCUT2D eigenvalue weighted by atomic mass is 16.4. The van der Waals surface area contributed by atoms with Crippen LogP contribution in [0.15, 0.2) is 29.4 Å². The van der Waals surface area contributed by atoms with Gasteiger partial charge in [-0.25, -0.2) is 0 Å². The molecule has 0 aliphatic rings. The van der Waals surface area contributed by atoms with Crippen molar-refractivity contribution in [2.24, 2.45) is 16.8 Å². The van der Waals surface area contributed by atoms with Crippen molar-refractivity contribution in [1.29, 1.82) is 0 Å². The molecule has 0 saturated heterocycles. The van der Waals surface area contributed by atoms with Crippen LogP contribution in [0.4, 0.5) is 0 Å². The summed E-state index contributed by atoms with van der Waals surface area (Å²) in [6, 6.07) is 8.43. The van der Waals surface area contributed by atoms with Crippen molar-refractivity contribution in [1.82, 2.24) is 0 Å². The molecule has 0 unspecified atom stereocenters. The van der Waals surface area contributed by atoms with Gasteiger partial charge in [-0.1, -0.05) is 43.3 Å². The van der Waals surface area contributed by atoms with Crippen LogP contribution in [0.2, 0.25) is 0 Å². The molecule has 0 spiro atoms. The first kappa shape index (κ1) is 11.6. The van der Waals surface area contributed by atoms with Gasteiger partial charge >= 0.3 is 0 Å². The Morgan fingerprint density at radius 1 is 1.33 bits per heavy atom. The quantitative estimate of drug-likeness (QED) is 0.343. The third-order valence-corrected chi connectivity index (χ3v) is 2.59. The zero-order valence-electron chi connectivity index (χ0n) is 9.27. The second-order valence-electron chi connectivity index (χ2n) is 3.80. The summed E-state index contributed by atoms with van der Waals surface area (Å²) in [7, 11) is 0. The fraction of sp³-hybridized carbons (Fsp3) is 0.417. The predicted molar refractivity (Wildman–Crippen MR) is 62.1 cm³/mol. The van der Waals surface area contributed by atoms with Crippen LogP contribution in [0.1, 0.15) is 25.0 Å². The maximum absolute atomic E-state index is 8.53. The molecule has 0 aliphatic heterocycles. The van der Waals surface area contributed by atoms with Crippen molar-refractivity contribution < 1.29 is 5.21 Å². The van der Waals surface area contributed by atoms with Crippen LogP contribution in [0.25, 0.3) is 0 Å². The van der Waals surface area contributed by atoms with Crippen molar-refractivity contribution in [3.8, 4) is 0 Å². The number of oxime groups is 1. The summed E-state index contributed by atoms with van der Waals surface area (Å²) in [5, 5.41) is 11.5. The molecule has 0 aromatic heterocycles. The van der Waals surface area contributed by atoms with Crippen LogP contribution in [0.5, 0.6) is 0 Å². The molecule has 0 aliphatic carbocycles. The Hall–Kier alpha value is -1.51. The van der Waals surface area contributed by atoms with E-state index in [0.717, 1.165) is 12.8 Å². The van der Waals surface area contributed by atoms with Gasteiger partial charge in [0.15, 0.2) is 0 Å². The monoisotopic (exact) mass is 206 g/mol. The molecule has 1 aromatic carbocycles. The van der Waals surface area contributed by atoms with Crippen molar-refractivity contribution in [3.05, 3.63) is 35.4 Å². The maximum atomic E-state index is 8.53. The summed E-state index contributed by atoms with van der Waals surface area (Å²) in [6.07, 6.45) is 1.86. The van der Waals surface area contributed by atoms with Crippen molar-refractivity contribution >= 4 is 5.84 Å². The second-order valence-corrected chi connectivity index (χ2v) is 3.80. The molecule has 3 heteroatoms. The first-order chi connectivity index (χ1) is 7.17. The second kappa shape index (κ2) is 5.39. The van der Waals surface area contributed by atoms with E-state index in [1.54, 1.807) is 0 Å². The molecule has 0 saturated carbocycles. The lowest BCUT2D eigenvalue weighted by Gasteiger charge is -2.09. The van der Waals surface area contributed by atoms with Gasteiger partial charge in [-0.2, -0.15) is 0 Å². The summed E-state index contributed by atoms with van der Waals surface area (Å²) in [6.45, 7) is 4.08. The Morgan fingerprint density at radius 2 is 1.87 bits per heavy atom. The number of nitrogens with zero attached hydrogens (tertiary/aromatic N) is 1. The average molecular weight is 206 g/mol. The van der Waals surface area contributed by atoms with E-state index in [1.165, 1.54) is 11.1 Å². The number of nitrogens with two attached hydrogens (primary N) is 1. The molecule has 0 amide bonds. The highest BCUT2D eigenvalue weighted by Gasteiger charge is 2.08. The minimum atomic E-state index is 0.0717. The Bertz CT molecular complexity index is 330. The van der Waals surface area contributed by atoms with Crippen LogP contribution in [-0.4, -0.2) is 11.0 Å². The molecule has 0 fully saturated rings. The highest BCUT2D eigenvalue weighted by molar-refractivity contribution is 5.82. The maximum Gasteiger partial charge on any atom is 0.142 e. The number of amidine groups is 1. The lowest BCUT2D eigenvalue weighted by molar-refractivity contribution is 0.314. The Labute approximate surface area is 90.6 Å². The first-order valence-corrected chi connectivity index (χ1v) is 5.22. The third-order valence-electron chi connectivity index (χ3n) is 2.59. The Morgan fingerprint density at radius 3 is 2.33 bits per heavy atom. The van der Waals surface area contributed by atoms with E-state index in [9.17, 15) is 0 Å². The van der Waals surface area contributed by atoms with Crippen molar-refractivity contribution in [3.63, 3.8) is 0 Å². The van der Waals surface area contributed by atoms with Gasteiger partial charge < -0.3 is 10.9 Å². The van der Waals surface area contributed by atoms with Gasteiger partial charge in [0.25, 0.3) is 0 Å². The van der Waals surface area contributed by atoms with Gasteiger partial charge in [-0.15, -0.1) is 0 Å². The van der Waals surface area contributed by atoms with Crippen LogP contribution in [0.3, 0.4) is 0 Å². The third kappa shape index (κ3) is 3.27. The summed E-state index contributed by atoms with van der Waals surface area (Å²) in [5.41, 5.74) is 8.06. The van der Waals surface area contributed by atoms with Gasteiger partial charge in [0.05, 0.1) is 0 Å². The zero-order chi connectivity index (χ0) is 11.3. The van der Waals surface area contributed by atoms with Crippen LogP contribution in [-0.2, 0) is 12.8 Å². The molecular formula is C12H18N2O. The fourth-order valence-corrected chi connectivity index (χ4v) is 1.47. The number of hydrogen-bond donors (Lipinski definition) is 2. The summed E-state index contributed by atoms with van der Waals surface area (Å²) in [5.74, 6) is 0.358. The van der Waals surface area contributed by atoms with Crippen molar-refractivity contribution in [2.75, 3.05) is 0 Å². The molecule has 82 valence electrons. The summed E-state index contributed by atoms with van der Waals surface area (Å²) < 4.78 is 0. The van der Waals surface area contributed by atoms with Gasteiger partial charge in [-0.3, -0.25) is 0 Å². The molecule has 1 aromatic rings. The standard InChI is InChI=1S/C12H18N2O/c1-3-10-4-6-11(7-5-10)8-9(2)12(13)14-15/h4-7,9,15H,3,8H2,1-2H3,(H2,13,14)/t9-/m0/s1. The zero-order valence-corrected chi connectivity index (χ0v) is 9.27. The van der Waals surface area contributed by atoms with Crippen LogP contribution < -0.4 is 5.73 Å². The topological polar surface area (TPSA) is 58.6 Å². The molecule has 3 nitrogen and oxygen atoms in total. The van der Waals surface area contributed by atoms with Gasteiger partial charge in [-0.05, 0) is 24.0 Å². The van der Waals surface area contributed by atoms with E-state index in [-0.39, 0.29) is 11.8 Å². The number of aryl methyl sites for hydroxylation is 1. The van der Waals surface area contributed by atoms with Crippen LogP contribution in [0, 0.1) is 5.92 Å². The molecule has 0 heterocycles. The minimum absolute atomic E-state index is 0.0717. The largest absolute Gasteiger partial charge is 0.409 e. The highest BCUT2D eigenvalue weighted by Crippen LogP contribution is 2.10. The van der Waals surface area contributed by atoms with Crippen molar-refractivity contribution in [2.45, 2.75) is 26.7 Å². The molecule has 0 radical (unpaired) electrons. The minimum Gasteiger partial charge on any atom is -0.409 e. The smallest absolute Gasteiger partial charge is 0.142 e.